The predicted octanol–water partition coefficient (Wildman–Crippen LogP) is 3.67. The highest BCUT2D eigenvalue weighted by molar-refractivity contribution is 5.83. The number of rotatable bonds is 4. The van der Waals surface area contributed by atoms with Gasteiger partial charge in [-0.15, -0.1) is 0 Å². The van der Waals surface area contributed by atoms with Crippen LogP contribution in [0.2, 0.25) is 0 Å². The molecule has 1 aliphatic carbocycles. The summed E-state index contributed by atoms with van der Waals surface area (Å²) in [6.45, 7) is 2.24. The van der Waals surface area contributed by atoms with Gasteiger partial charge in [-0.1, -0.05) is 36.4 Å². The first kappa shape index (κ1) is 12.6. The van der Waals surface area contributed by atoms with Crippen molar-refractivity contribution < 1.29 is 4.74 Å². The zero-order chi connectivity index (χ0) is 13.2. The van der Waals surface area contributed by atoms with Gasteiger partial charge in [-0.3, -0.25) is 0 Å². The molecule has 0 spiro atoms. The lowest BCUT2D eigenvalue weighted by Crippen LogP contribution is -2.45. The number of methoxy groups -OCH3 is 1. The van der Waals surface area contributed by atoms with E-state index in [1.807, 2.05) is 0 Å². The van der Waals surface area contributed by atoms with Crippen molar-refractivity contribution in [1.29, 1.82) is 0 Å². The Kier molecular flexibility index (Phi) is 3.54. The summed E-state index contributed by atoms with van der Waals surface area (Å²) in [5, 5.41) is 6.31. The third-order valence-corrected chi connectivity index (χ3v) is 4.19. The Hall–Kier alpha value is -1.38. The first-order valence-electron chi connectivity index (χ1n) is 7.04. The highest BCUT2D eigenvalue weighted by atomic mass is 16.5. The quantitative estimate of drug-likeness (QED) is 0.900. The number of nitrogens with one attached hydrogen (secondary N) is 1. The zero-order valence-corrected chi connectivity index (χ0v) is 11.6. The standard InChI is InChI=1S/C17H21NO/c1-12(18-16-10-17(11-16)19-2)14-8-7-13-5-3-4-6-15(13)9-14/h3-9,12,16-18H,10-11H2,1-2H3. The molecule has 0 saturated heterocycles. The highest BCUT2D eigenvalue weighted by Gasteiger charge is 2.29. The molecule has 1 N–H and O–H groups in total. The van der Waals surface area contributed by atoms with Crippen LogP contribution >= 0.6 is 0 Å². The van der Waals surface area contributed by atoms with E-state index in [0.717, 1.165) is 12.8 Å². The molecule has 0 bridgehead atoms. The van der Waals surface area contributed by atoms with Gasteiger partial charge in [0.05, 0.1) is 6.10 Å². The molecule has 1 fully saturated rings. The van der Waals surface area contributed by atoms with Crippen LogP contribution in [0.25, 0.3) is 10.8 Å². The zero-order valence-electron chi connectivity index (χ0n) is 11.6. The molecular formula is C17H21NO. The molecule has 2 aromatic rings. The average molecular weight is 255 g/mol. The van der Waals surface area contributed by atoms with Gasteiger partial charge in [0.2, 0.25) is 0 Å². The molecule has 19 heavy (non-hydrogen) atoms. The second kappa shape index (κ2) is 5.32. The first-order valence-corrected chi connectivity index (χ1v) is 7.04. The fourth-order valence-corrected chi connectivity index (χ4v) is 2.82. The van der Waals surface area contributed by atoms with Crippen molar-refractivity contribution in [3.05, 3.63) is 48.0 Å². The molecule has 0 amide bonds. The van der Waals surface area contributed by atoms with Crippen molar-refractivity contribution in [1.82, 2.24) is 5.32 Å². The molecular weight excluding hydrogens is 234 g/mol. The molecule has 2 heteroatoms. The second-order valence-electron chi connectivity index (χ2n) is 5.52. The molecule has 100 valence electrons. The fourth-order valence-electron chi connectivity index (χ4n) is 2.82. The van der Waals surface area contributed by atoms with E-state index in [2.05, 4.69) is 54.7 Å². The van der Waals surface area contributed by atoms with Crippen LogP contribution in [0.15, 0.2) is 42.5 Å². The molecule has 1 unspecified atom stereocenters. The van der Waals surface area contributed by atoms with Crippen molar-refractivity contribution in [3.63, 3.8) is 0 Å². The third kappa shape index (κ3) is 2.65. The van der Waals surface area contributed by atoms with Gasteiger partial charge >= 0.3 is 0 Å². The van der Waals surface area contributed by atoms with E-state index in [4.69, 9.17) is 4.74 Å². The minimum Gasteiger partial charge on any atom is -0.381 e. The number of ether oxygens (including phenoxy) is 1. The number of hydrogen-bond donors (Lipinski definition) is 1. The molecule has 1 atom stereocenters. The topological polar surface area (TPSA) is 21.3 Å². The van der Waals surface area contributed by atoms with Gasteiger partial charge < -0.3 is 10.1 Å². The third-order valence-electron chi connectivity index (χ3n) is 4.19. The van der Waals surface area contributed by atoms with E-state index in [1.54, 1.807) is 7.11 Å². The van der Waals surface area contributed by atoms with Crippen LogP contribution in [0.3, 0.4) is 0 Å². The van der Waals surface area contributed by atoms with Crippen LogP contribution in [0, 0.1) is 0 Å². The monoisotopic (exact) mass is 255 g/mol. The minimum absolute atomic E-state index is 0.396. The normalized spacial score (nSPS) is 24.1. The van der Waals surface area contributed by atoms with E-state index >= 15 is 0 Å². The lowest BCUT2D eigenvalue weighted by Gasteiger charge is -2.36. The van der Waals surface area contributed by atoms with Gasteiger partial charge in [-0.05, 0) is 42.2 Å². The molecule has 1 aliphatic rings. The van der Waals surface area contributed by atoms with E-state index in [1.165, 1.54) is 16.3 Å². The number of hydrogen-bond acceptors (Lipinski definition) is 2. The molecule has 0 aromatic heterocycles. The minimum atomic E-state index is 0.396. The predicted molar refractivity (Wildman–Crippen MR) is 79.3 cm³/mol. The summed E-state index contributed by atoms with van der Waals surface area (Å²) in [6.07, 6.45) is 2.73. The van der Waals surface area contributed by atoms with Gasteiger partial charge in [0.15, 0.2) is 0 Å². The SMILES string of the molecule is COC1CC(NC(C)c2ccc3ccccc3c2)C1. The maximum Gasteiger partial charge on any atom is 0.0601 e. The molecule has 0 heterocycles. The number of benzene rings is 2. The Bertz CT molecular complexity index is 560. The first-order chi connectivity index (χ1) is 9.26. The van der Waals surface area contributed by atoms with E-state index in [0.29, 0.717) is 18.2 Å². The van der Waals surface area contributed by atoms with Crippen LogP contribution in [-0.2, 0) is 4.74 Å². The van der Waals surface area contributed by atoms with Crippen molar-refractivity contribution in [3.8, 4) is 0 Å². The van der Waals surface area contributed by atoms with Crippen LogP contribution in [-0.4, -0.2) is 19.3 Å². The highest BCUT2D eigenvalue weighted by Crippen LogP contribution is 2.26. The van der Waals surface area contributed by atoms with Gasteiger partial charge in [-0.2, -0.15) is 0 Å². The van der Waals surface area contributed by atoms with E-state index in [-0.39, 0.29) is 0 Å². The van der Waals surface area contributed by atoms with E-state index in [9.17, 15) is 0 Å². The van der Waals surface area contributed by atoms with E-state index < -0.39 is 0 Å². The summed E-state index contributed by atoms with van der Waals surface area (Å²) in [6, 6.07) is 16.2. The molecule has 2 aromatic carbocycles. The molecule has 3 rings (SSSR count). The van der Waals surface area contributed by atoms with Crippen molar-refractivity contribution in [2.75, 3.05) is 7.11 Å². The van der Waals surface area contributed by atoms with Crippen molar-refractivity contribution in [2.45, 2.75) is 38.0 Å². The molecule has 0 radical (unpaired) electrons. The van der Waals surface area contributed by atoms with Crippen molar-refractivity contribution in [2.24, 2.45) is 0 Å². The lowest BCUT2D eigenvalue weighted by molar-refractivity contribution is 0.0147. The second-order valence-corrected chi connectivity index (χ2v) is 5.52. The summed E-state index contributed by atoms with van der Waals surface area (Å²) in [5.41, 5.74) is 1.36. The van der Waals surface area contributed by atoms with Crippen molar-refractivity contribution >= 4 is 10.8 Å². The summed E-state index contributed by atoms with van der Waals surface area (Å²) in [7, 11) is 1.80. The Labute approximate surface area is 114 Å². The maximum atomic E-state index is 5.32. The number of fused-ring (bicyclic) bond motifs is 1. The van der Waals surface area contributed by atoms with Crippen LogP contribution < -0.4 is 5.32 Å². The molecule has 1 saturated carbocycles. The van der Waals surface area contributed by atoms with Crippen LogP contribution in [0.1, 0.15) is 31.4 Å². The van der Waals surface area contributed by atoms with Gasteiger partial charge in [0.1, 0.15) is 0 Å². The smallest absolute Gasteiger partial charge is 0.0601 e. The Morgan fingerprint density at radius 3 is 2.58 bits per heavy atom. The van der Waals surface area contributed by atoms with Gasteiger partial charge in [0, 0.05) is 19.2 Å². The maximum absolute atomic E-state index is 5.32. The average Bonchev–Trinajstić information content (AvgIpc) is 2.41. The lowest BCUT2D eigenvalue weighted by atomic mass is 9.88. The summed E-state index contributed by atoms with van der Waals surface area (Å²) >= 11 is 0. The Balaban J connectivity index is 1.69. The summed E-state index contributed by atoms with van der Waals surface area (Å²) in [4.78, 5) is 0. The van der Waals surface area contributed by atoms with Crippen LogP contribution in [0.4, 0.5) is 0 Å². The fraction of sp³-hybridized carbons (Fsp3) is 0.412. The largest absolute Gasteiger partial charge is 0.381 e. The van der Waals surface area contributed by atoms with Crippen LogP contribution in [0.5, 0.6) is 0 Å². The summed E-state index contributed by atoms with van der Waals surface area (Å²) in [5.74, 6) is 0. The molecule has 0 aliphatic heterocycles. The Morgan fingerprint density at radius 1 is 1.11 bits per heavy atom. The summed E-state index contributed by atoms with van der Waals surface area (Å²) < 4.78 is 5.32. The van der Waals surface area contributed by atoms with Gasteiger partial charge in [-0.25, -0.2) is 0 Å². The Morgan fingerprint density at radius 2 is 1.84 bits per heavy atom. The molecule has 2 nitrogen and oxygen atoms in total. The van der Waals surface area contributed by atoms with Gasteiger partial charge in [0.25, 0.3) is 0 Å².